The number of nitrogens with zero attached hydrogens (tertiary/aromatic N) is 3. The number of benzene rings is 5. The molecule has 0 spiro atoms. The van der Waals surface area contributed by atoms with Crippen molar-refractivity contribution >= 4 is 44.1 Å². The molecule has 5 aromatic rings. The van der Waals surface area contributed by atoms with Crippen molar-refractivity contribution in [3.05, 3.63) is 155 Å². The summed E-state index contributed by atoms with van der Waals surface area (Å²) in [5, 5.41) is 38.9. The van der Waals surface area contributed by atoms with Crippen LogP contribution in [0.2, 0.25) is 0 Å². The van der Waals surface area contributed by atoms with E-state index < -0.39 is 85.9 Å². The third-order valence-electron chi connectivity index (χ3n) is 17.8. The summed E-state index contributed by atoms with van der Waals surface area (Å²) in [6, 6.07) is 34.2. The summed E-state index contributed by atoms with van der Waals surface area (Å²) in [6.45, 7) is 6.12. The molecule has 552 valence electrons. The number of carbonyl (C=O) groups excluding carboxylic acids is 3. The number of fused-ring (bicyclic) bond motifs is 2. The number of hydrogen-bond donors (Lipinski definition) is 4. The highest BCUT2D eigenvalue weighted by atomic mass is 32.2. The molecule has 2 saturated carbocycles. The fourth-order valence-corrected chi connectivity index (χ4v) is 15.0. The van der Waals surface area contributed by atoms with Crippen LogP contribution in [0.25, 0.3) is 0 Å². The number of aliphatic hydroxyl groups excluding tert-OH is 2. The Labute approximate surface area is 589 Å². The lowest BCUT2D eigenvalue weighted by Gasteiger charge is -2.33. The normalized spacial score (nSPS) is 22.0. The Morgan fingerprint density at radius 1 is 0.554 bits per heavy atom. The number of ether oxygens (including phenoxy) is 10. The Morgan fingerprint density at radius 3 is 1.37 bits per heavy atom. The predicted molar refractivity (Wildman–Crippen MR) is 364 cm³/mol. The van der Waals surface area contributed by atoms with Gasteiger partial charge in [0.1, 0.15) is 35.1 Å². The van der Waals surface area contributed by atoms with Gasteiger partial charge in [0.05, 0.1) is 117 Å². The molecule has 30 heteroatoms. The number of nitrogens with one attached hydrogen (secondary N) is 2. The first-order valence-corrected chi connectivity index (χ1v) is 37.0. The Bertz CT molecular complexity index is 3640. The minimum atomic E-state index is -4.16. The molecule has 4 saturated heterocycles. The van der Waals surface area contributed by atoms with E-state index in [0.29, 0.717) is 24.7 Å². The second kappa shape index (κ2) is 37.0. The number of amides is 2. The number of alkyl carbamates (subject to hydrolysis) is 2. The second-order valence-corrected chi connectivity index (χ2v) is 30.0. The van der Waals surface area contributed by atoms with Gasteiger partial charge in [-0.1, -0.05) is 108 Å². The van der Waals surface area contributed by atoms with Crippen LogP contribution in [-0.4, -0.2) is 180 Å². The molecule has 2 amide bonds. The summed E-state index contributed by atoms with van der Waals surface area (Å²) < 4.78 is 110. The maximum Gasteiger partial charge on any atom is 0.514 e. The first-order chi connectivity index (χ1) is 48.4. The van der Waals surface area contributed by atoms with Crippen LogP contribution in [0.4, 0.5) is 20.1 Å². The number of sulfonamides is 2. The lowest BCUT2D eigenvalue weighted by Crippen LogP contribution is -2.52. The van der Waals surface area contributed by atoms with E-state index in [9.17, 15) is 51.5 Å². The van der Waals surface area contributed by atoms with Gasteiger partial charge in [0, 0.05) is 12.1 Å². The summed E-state index contributed by atoms with van der Waals surface area (Å²) in [7, 11) is -5.29. The zero-order valence-corrected chi connectivity index (χ0v) is 59.0. The van der Waals surface area contributed by atoms with Crippen LogP contribution in [0.5, 0.6) is 17.2 Å². The molecule has 4 heterocycles. The molecule has 2 aliphatic carbocycles. The van der Waals surface area contributed by atoms with E-state index in [-0.39, 0.29) is 96.6 Å². The van der Waals surface area contributed by atoms with Crippen LogP contribution in [-0.2, 0) is 75.7 Å². The number of hydrogen-bond acceptors (Lipinski definition) is 23. The van der Waals surface area contributed by atoms with Crippen LogP contribution >= 0.6 is 0 Å². The molecule has 2 unspecified atom stereocenters. The van der Waals surface area contributed by atoms with Crippen LogP contribution in [0.1, 0.15) is 109 Å². The van der Waals surface area contributed by atoms with Gasteiger partial charge in [0.2, 0.25) is 0 Å². The van der Waals surface area contributed by atoms with E-state index in [1.54, 1.807) is 45.0 Å². The number of rotatable bonds is 26. The first kappa shape index (κ1) is 77.6. The van der Waals surface area contributed by atoms with Gasteiger partial charge in [-0.05, 0) is 144 Å². The Hall–Kier alpha value is -7.59. The van der Waals surface area contributed by atoms with E-state index in [0.717, 1.165) is 97.1 Å². The number of aliphatic hydroxyl groups is 2. The molecule has 101 heavy (non-hydrogen) atoms. The lowest BCUT2D eigenvalue weighted by atomic mass is 9.98. The highest BCUT2D eigenvalue weighted by molar-refractivity contribution is 7.89. The molecule has 0 radical (unpaired) electrons. The fraction of sp³-hybridized carbons (Fsp3) is 0.535. The Morgan fingerprint density at radius 2 is 0.960 bits per heavy atom. The van der Waals surface area contributed by atoms with Crippen LogP contribution in [0.15, 0.2) is 143 Å². The van der Waals surface area contributed by atoms with Crippen molar-refractivity contribution in [1.82, 2.24) is 19.6 Å². The third kappa shape index (κ3) is 23.0. The minimum absolute atomic E-state index is 0.00728. The first-order valence-electron chi connectivity index (χ1n) is 34.1. The van der Waals surface area contributed by atoms with Gasteiger partial charge in [0.15, 0.2) is 12.6 Å². The number of non-ortho nitro benzene ring substituents is 1. The van der Waals surface area contributed by atoms with Crippen molar-refractivity contribution in [1.29, 1.82) is 0 Å². The summed E-state index contributed by atoms with van der Waals surface area (Å²) in [5.41, 5.74) is 0.907. The molecule has 6 fully saturated rings. The van der Waals surface area contributed by atoms with Crippen LogP contribution in [0.3, 0.4) is 0 Å². The molecule has 6 aliphatic rings. The average molecular weight is 1450 g/mol. The largest absolute Gasteiger partial charge is 0.514 e. The standard InChI is InChI=1S/C30H40N2O9S.C28H40N2O7S.C13H13NO7/c1-37-22-12-14-24(15-13-22)42(35,36)32(41-23-10-6-3-7-11-23)19-27(33)26(18-21-8-4-2-5-9-21)31-30(34)40-28-20-39-29-25(28)16-17-38-29;1-28(2,3)36-27(32)29-25(19-21-11-7-5-8-12-21)26(31)20-30(37-23-13-9-6-10-14-23)38(33,34)24-17-15-22(35-4)16-18-24;15-13(20-9-3-1-8(2-4-9)14(16)17)21-11-7-19-12-10(11)5-6-18-12/h2,4-5,8-9,12-15,23,25-29,33H,3,6-7,10-11,16-20H2,1H3,(H,31,34);5,7-8,11-12,15-18,23,25-26,31H,6,9-10,13-14,19-20H2,1-4H3,(H,29,32);1-4,10-12H,5-7H2/t25-,26-,27+,28?,29+;25-,26+;10-,11?,12+/m000/s1. The van der Waals surface area contributed by atoms with Crippen LogP contribution in [0, 0.1) is 22.0 Å². The van der Waals surface area contributed by atoms with Crippen molar-refractivity contribution < 1.29 is 103 Å². The van der Waals surface area contributed by atoms with Gasteiger partial charge >= 0.3 is 18.3 Å². The maximum atomic E-state index is 13.8. The van der Waals surface area contributed by atoms with Crippen molar-refractivity contribution in [3.63, 3.8) is 0 Å². The second-order valence-electron chi connectivity index (χ2n) is 26.3. The van der Waals surface area contributed by atoms with Crippen LogP contribution < -0.4 is 24.8 Å². The van der Waals surface area contributed by atoms with E-state index in [1.165, 1.54) is 62.8 Å². The Kier molecular flexibility index (Phi) is 28.4. The van der Waals surface area contributed by atoms with E-state index in [2.05, 4.69) is 10.6 Å². The maximum absolute atomic E-state index is 13.8. The van der Waals surface area contributed by atoms with Crippen molar-refractivity contribution in [2.24, 2.45) is 11.8 Å². The summed E-state index contributed by atoms with van der Waals surface area (Å²) in [4.78, 5) is 59.5. The van der Waals surface area contributed by atoms with Gasteiger partial charge in [-0.2, -0.15) is 0 Å². The number of carbonyl (C=O) groups is 3. The SMILES string of the molecule is COc1ccc(S(=O)(=O)N(C[C@@H](O)[C@H](Cc2ccccc2)NC(=O)OC(C)(C)C)OC2CCCCC2)cc1.COc1ccc(S(=O)(=O)N(C[C@@H](O)[C@H](Cc2ccccc2)NC(=O)OC2CO[C@H]3OCC[C@@H]23)OC2CCCCC2)cc1.O=C(Oc1ccc([N+](=O)[O-])cc1)OC1CO[C@H]2OCC[C@@H]12. The number of nitro groups is 1. The lowest BCUT2D eigenvalue weighted by molar-refractivity contribution is -0.384. The quantitative estimate of drug-likeness (QED) is 0.0131. The smallest absolute Gasteiger partial charge is 0.497 e. The minimum Gasteiger partial charge on any atom is -0.497 e. The molecule has 5 aromatic carbocycles. The highest BCUT2D eigenvalue weighted by Gasteiger charge is 2.46. The van der Waals surface area contributed by atoms with Gasteiger partial charge in [-0.25, -0.2) is 31.2 Å². The van der Waals surface area contributed by atoms with Crippen molar-refractivity contribution in [3.8, 4) is 17.2 Å². The molecule has 0 bridgehead atoms. The van der Waals surface area contributed by atoms with E-state index in [4.69, 9.17) is 57.0 Å². The van der Waals surface area contributed by atoms with Crippen molar-refractivity contribution in [2.75, 3.05) is 53.7 Å². The molecular formula is C71H93N5O23S2. The predicted octanol–water partition coefficient (Wildman–Crippen LogP) is 9.73. The number of nitro benzene ring substituents is 1. The topological polar surface area (TPSA) is 344 Å². The molecule has 4 aliphatic heterocycles. The Balaban J connectivity index is 0.000000186. The van der Waals surface area contributed by atoms with Gasteiger partial charge in [-0.3, -0.25) is 19.8 Å². The van der Waals surface area contributed by atoms with Gasteiger partial charge < -0.3 is 68.2 Å². The zero-order valence-electron chi connectivity index (χ0n) is 57.4. The summed E-state index contributed by atoms with van der Waals surface area (Å²) in [6.07, 6.45) is 3.83. The van der Waals surface area contributed by atoms with Gasteiger partial charge in [-0.15, -0.1) is 0 Å². The zero-order chi connectivity index (χ0) is 72.1. The molecule has 10 atom stereocenters. The summed E-state index contributed by atoms with van der Waals surface area (Å²) in [5.74, 6) is 1.22. The van der Waals surface area contributed by atoms with E-state index in [1.807, 2.05) is 60.7 Å². The van der Waals surface area contributed by atoms with Crippen molar-refractivity contribution in [2.45, 2.75) is 187 Å². The third-order valence-corrected chi connectivity index (χ3v) is 21.1. The number of methoxy groups -OCH3 is 2. The molecule has 28 nitrogen and oxygen atoms in total. The fourth-order valence-electron chi connectivity index (χ4n) is 12.4. The van der Waals surface area contributed by atoms with E-state index >= 15 is 0 Å². The monoisotopic (exact) mass is 1450 g/mol. The number of hydroxylamine groups is 2. The molecule has 11 rings (SSSR count). The molecular weight excluding hydrogens is 1350 g/mol. The highest BCUT2D eigenvalue weighted by Crippen LogP contribution is 2.36. The average Bonchev–Trinajstić information content (AvgIpc) is 0.956. The molecule has 4 N–H and O–H groups in total. The molecule has 0 aromatic heterocycles. The van der Waals surface area contributed by atoms with Gasteiger partial charge in [0.25, 0.3) is 25.7 Å². The summed E-state index contributed by atoms with van der Waals surface area (Å²) >= 11 is 0.